The second-order valence-electron chi connectivity index (χ2n) is 8.43. The van der Waals surface area contributed by atoms with Gasteiger partial charge in [0.2, 0.25) is 0 Å². The van der Waals surface area contributed by atoms with Crippen molar-refractivity contribution in [1.29, 1.82) is 0 Å². The van der Waals surface area contributed by atoms with Gasteiger partial charge in [-0.05, 0) is 49.6 Å². The molecule has 6 heteroatoms. The molecule has 2 heterocycles. The summed E-state index contributed by atoms with van der Waals surface area (Å²) < 4.78 is 23.3. The Kier molecular flexibility index (Phi) is 5.54. The fourth-order valence-electron chi connectivity index (χ4n) is 4.27. The molecular formula is C20H33N3O2S. The molecule has 2 aliphatic rings. The van der Waals surface area contributed by atoms with Crippen LogP contribution < -0.4 is 15.1 Å². The first-order chi connectivity index (χ1) is 12.2. The van der Waals surface area contributed by atoms with Gasteiger partial charge in [-0.3, -0.25) is 0 Å². The molecule has 2 fully saturated rings. The lowest BCUT2D eigenvalue weighted by molar-refractivity contribution is 0.189. The average Bonchev–Trinajstić information content (AvgIpc) is 2.58. The summed E-state index contributed by atoms with van der Waals surface area (Å²) >= 11 is 0. The van der Waals surface area contributed by atoms with Crippen LogP contribution in [0.4, 0.5) is 11.4 Å². The van der Waals surface area contributed by atoms with Crippen LogP contribution in [0.2, 0.25) is 0 Å². The van der Waals surface area contributed by atoms with Crippen molar-refractivity contribution < 1.29 is 8.42 Å². The zero-order valence-electron chi connectivity index (χ0n) is 16.5. The van der Waals surface area contributed by atoms with Crippen molar-refractivity contribution in [3.63, 3.8) is 0 Å². The summed E-state index contributed by atoms with van der Waals surface area (Å²) in [7, 11) is -2.84. The molecule has 3 rings (SSSR count). The van der Waals surface area contributed by atoms with E-state index < -0.39 is 9.84 Å². The third-order valence-corrected chi connectivity index (χ3v) is 7.78. The van der Waals surface area contributed by atoms with E-state index in [1.54, 1.807) is 0 Å². The van der Waals surface area contributed by atoms with Gasteiger partial charge in [0.1, 0.15) is 0 Å². The first-order valence-corrected chi connectivity index (χ1v) is 11.6. The van der Waals surface area contributed by atoms with Gasteiger partial charge < -0.3 is 15.1 Å². The minimum absolute atomic E-state index is 0.255. The maximum absolute atomic E-state index is 11.6. The van der Waals surface area contributed by atoms with Gasteiger partial charge in [0.25, 0.3) is 0 Å². The predicted octanol–water partition coefficient (Wildman–Crippen LogP) is 2.52. The molecule has 0 amide bonds. The fraction of sp³-hybridized carbons (Fsp3) is 0.700. The van der Waals surface area contributed by atoms with Crippen LogP contribution in [0.1, 0.15) is 34.1 Å². The molecule has 1 N–H and O–H groups in total. The maximum Gasteiger partial charge on any atom is 0.153 e. The third-order valence-electron chi connectivity index (χ3n) is 6.17. The van der Waals surface area contributed by atoms with Crippen molar-refractivity contribution in [3.8, 4) is 0 Å². The van der Waals surface area contributed by atoms with Crippen LogP contribution in [0.3, 0.4) is 0 Å². The summed E-state index contributed by atoms with van der Waals surface area (Å²) in [6.07, 6.45) is 1.19. The molecule has 146 valence electrons. The van der Waals surface area contributed by atoms with Crippen molar-refractivity contribution in [2.75, 3.05) is 47.5 Å². The van der Waals surface area contributed by atoms with E-state index in [9.17, 15) is 8.42 Å². The largest absolute Gasteiger partial charge is 0.369 e. The zero-order valence-corrected chi connectivity index (χ0v) is 17.3. The Morgan fingerprint density at radius 1 is 1.12 bits per heavy atom. The van der Waals surface area contributed by atoms with Crippen molar-refractivity contribution in [3.05, 3.63) is 24.3 Å². The smallest absolute Gasteiger partial charge is 0.153 e. The number of sulfone groups is 1. The Labute approximate surface area is 158 Å². The molecular weight excluding hydrogens is 346 g/mol. The van der Waals surface area contributed by atoms with Crippen molar-refractivity contribution in [1.82, 2.24) is 5.32 Å². The lowest BCUT2D eigenvalue weighted by Gasteiger charge is -2.49. The average molecular weight is 380 g/mol. The normalized spacial score (nSPS) is 28.2. The van der Waals surface area contributed by atoms with Crippen LogP contribution in [0, 0.1) is 5.41 Å². The van der Waals surface area contributed by atoms with Crippen molar-refractivity contribution in [2.45, 2.75) is 46.2 Å². The zero-order chi connectivity index (χ0) is 18.9. The number of piperidine rings is 1. The number of nitrogens with zero attached hydrogens (tertiary/aromatic N) is 2. The van der Waals surface area contributed by atoms with Gasteiger partial charge in [-0.25, -0.2) is 8.42 Å². The summed E-state index contributed by atoms with van der Waals surface area (Å²) in [5.41, 5.74) is 2.63. The highest BCUT2D eigenvalue weighted by Crippen LogP contribution is 2.38. The Bertz CT molecular complexity index is 701. The first kappa shape index (κ1) is 19.5. The molecule has 1 aromatic carbocycles. The monoisotopic (exact) mass is 379 g/mol. The molecule has 1 aromatic rings. The highest BCUT2D eigenvalue weighted by atomic mass is 32.2. The SMILES string of the molecule is CCN[C@H]1CN(c2ccc(N3CCS(=O)(=O)CC3)cc2)[C@@H](C)C(C)(C)C1. The van der Waals surface area contributed by atoms with Crippen LogP contribution in [-0.4, -0.2) is 58.2 Å². The van der Waals surface area contributed by atoms with Gasteiger partial charge in [0, 0.05) is 43.1 Å². The molecule has 0 unspecified atom stereocenters. The summed E-state index contributed by atoms with van der Waals surface area (Å²) in [5.74, 6) is 0.521. The number of likely N-dealkylation sites (N-methyl/N-ethyl adjacent to an activating group) is 1. The van der Waals surface area contributed by atoms with Crippen molar-refractivity contribution >= 4 is 21.2 Å². The Hall–Kier alpha value is -1.27. The molecule has 2 atom stereocenters. The lowest BCUT2D eigenvalue weighted by atomic mass is 9.75. The first-order valence-electron chi connectivity index (χ1n) is 9.77. The quantitative estimate of drug-likeness (QED) is 0.871. The Morgan fingerprint density at radius 2 is 1.69 bits per heavy atom. The van der Waals surface area contributed by atoms with E-state index in [-0.39, 0.29) is 16.9 Å². The van der Waals surface area contributed by atoms with E-state index in [0.717, 1.165) is 18.8 Å². The van der Waals surface area contributed by atoms with Crippen LogP contribution >= 0.6 is 0 Å². The highest BCUT2D eigenvalue weighted by molar-refractivity contribution is 7.91. The standard InChI is InChI=1S/C20H33N3O2S/c1-5-21-17-14-20(3,4)16(2)23(15-17)19-8-6-18(7-9-19)22-10-12-26(24,25)13-11-22/h6-9,16-17,21H,5,10-15H2,1-4H3/t16-,17+/m0/s1. The van der Waals surface area contributed by atoms with E-state index in [2.05, 4.69) is 67.1 Å². The van der Waals surface area contributed by atoms with Crippen molar-refractivity contribution in [2.24, 2.45) is 5.41 Å². The van der Waals surface area contributed by atoms with E-state index in [4.69, 9.17) is 0 Å². The molecule has 26 heavy (non-hydrogen) atoms. The van der Waals surface area contributed by atoms with Gasteiger partial charge >= 0.3 is 0 Å². The maximum atomic E-state index is 11.6. The number of rotatable bonds is 4. The van der Waals surface area contributed by atoms with Crippen LogP contribution in [0.15, 0.2) is 24.3 Å². The summed E-state index contributed by atoms with van der Waals surface area (Å²) in [6, 6.07) is 9.66. The number of hydrogen-bond acceptors (Lipinski definition) is 5. The van der Waals surface area contributed by atoms with Crippen LogP contribution in [-0.2, 0) is 9.84 Å². The number of nitrogens with one attached hydrogen (secondary N) is 1. The minimum Gasteiger partial charge on any atom is -0.369 e. The molecule has 2 aliphatic heterocycles. The molecule has 0 bridgehead atoms. The van der Waals surface area contributed by atoms with E-state index in [0.29, 0.717) is 25.2 Å². The van der Waals surface area contributed by atoms with Gasteiger partial charge in [0.15, 0.2) is 9.84 Å². The summed E-state index contributed by atoms with van der Waals surface area (Å²) in [5, 5.41) is 3.62. The Morgan fingerprint density at radius 3 is 2.27 bits per heavy atom. The predicted molar refractivity (Wildman–Crippen MR) is 110 cm³/mol. The topological polar surface area (TPSA) is 52.6 Å². The van der Waals surface area contributed by atoms with Gasteiger partial charge in [-0.15, -0.1) is 0 Å². The number of anilines is 2. The third kappa shape index (κ3) is 4.17. The molecule has 0 spiro atoms. The summed E-state index contributed by atoms with van der Waals surface area (Å²) in [4.78, 5) is 4.69. The Balaban J connectivity index is 1.74. The summed E-state index contributed by atoms with van der Waals surface area (Å²) in [6.45, 7) is 12.4. The minimum atomic E-state index is -2.84. The van der Waals surface area contributed by atoms with E-state index in [1.165, 1.54) is 12.1 Å². The highest BCUT2D eigenvalue weighted by Gasteiger charge is 2.38. The second-order valence-corrected chi connectivity index (χ2v) is 10.7. The van der Waals surface area contributed by atoms with E-state index in [1.807, 2.05) is 0 Å². The van der Waals surface area contributed by atoms with E-state index >= 15 is 0 Å². The number of benzene rings is 1. The van der Waals surface area contributed by atoms with Crippen LogP contribution in [0.5, 0.6) is 0 Å². The fourth-order valence-corrected chi connectivity index (χ4v) is 5.47. The molecule has 2 saturated heterocycles. The molecule has 0 saturated carbocycles. The van der Waals surface area contributed by atoms with Gasteiger partial charge in [-0.1, -0.05) is 20.8 Å². The molecule has 5 nitrogen and oxygen atoms in total. The van der Waals surface area contributed by atoms with Crippen LogP contribution in [0.25, 0.3) is 0 Å². The second kappa shape index (κ2) is 7.39. The molecule has 0 aliphatic carbocycles. The lowest BCUT2D eigenvalue weighted by Crippen LogP contribution is -2.57. The van der Waals surface area contributed by atoms with Gasteiger partial charge in [0.05, 0.1) is 11.5 Å². The van der Waals surface area contributed by atoms with Gasteiger partial charge in [-0.2, -0.15) is 0 Å². The molecule has 0 aromatic heterocycles. The number of hydrogen-bond donors (Lipinski definition) is 1. The molecule has 0 radical (unpaired) electrons.